The van der Waals surface area contributed by atoms with Gasteiger partial charge < -0.3 is 24.3 Å². The number of benzene rings is 1. The fourth-order valence-corrected chi connectivity index (χ4v) is 5.42. The molecule has 0 spiro atoms. The molecule has 0 amide bonds. The Hall–Kier alpha value is -3.91. The van der Waals surface area contributed by atoms with Crippen LogP contribution in [-0.2, 0) is 6.54 Å². The van der Waals surface area contributed by atoms with Crippen LogP contribution >= 0.6 is 12.2 Å². The third-order valence-corrected chi connectivity index (χ3v) is 7.03. The Morgan fingerprint density at radius 2 is 1.91 bits per heavy atom. The maximum atomic E-state index is 5.85. The van der Waals surface area contributed by atoms with E-state index in [1.54, 1.807) is 6.20 Å². The average Bonchev–Trinajstić information content (AvgIpc) is 3.56. The van der Waals surface area contributed by atoms with Gasteiger partial charge in [0.15, 0.2) is 16.6 Å². The van der Waals surface area contributed by atoms with Crippen LogP contribution in [0.3, 0.4) is 0 Å². The molecule has 5 heterocycles. The molecule has 35 heavy (non-hydrogen) atoms. The Labute approximate surface area is 209 Å². The first-order chi connectivity index (χ1) is 17.1. The summed E-state index contributed by atoms with van der Waals surface area (Å²) in [6.45, 7) is 5.20. The van der Waals surface area contributed by atoms with Crippen LogP contribution in [0, 0.1) is 13.8 Å². The Morgan fingerprint density at radius 1 is 1.03 bits per heavy atom. The number of aromatic nitrogens is 3. The number of rotatable bonds is 5. The van der Waals surface area contributed by atoms with Gasteiger partial charge in [-0.05, 0) is 73.6 Å². The Balaban J connectivity index is 1.45. The summed E-state index contributed by atoms with van der Waals surface area (Å²) in [5.41, 5.74) is 6.59. The summed E-state index contributed by atoms with van der Waals surface area (Å²) in [4.78, 5) is 11.2. The van der Waals surface area contributed by atoms with Crippen molar-refractivity contribution in [3.63, 3.8) is 0 Å². The van der Waals surface area contributed by atoms with Gasteiger partial charge in [-0.2, -0.15) is 0 Å². The number of nitrogens with one attached hydrogen (secondary N) is 1. The van der Waals surface area contributed by atoms with E-state index in [2.05, 4.69) is 62.9 Å². The first-order valence-corrected chi connectivity index (χ1v) is 12.0. The summed E-state index contributed by atoms with van der Waals surface area (Å²) >= 11 is 5.85. The molecule has 2 atom stereocenters. The summed E-state index contributed by atoms with van der Waals surface area (Å²) in [5, 5.41) is 4.26. The molecule has 2 aliphatic rings. The summed E-state index contributed by atoms with van der Waals surface area (Å²) in [6.07, 6.45) is 5.51. The minimum absolute atomic E-state index is 0.0356. The topological polar surface area (TPSA) is 64.4 Å². The van der Waals surface area contributed by atoms with Crippen molar-refractivity contribution < 1.29 is 9.47 Å². The van der Waals surface area contributed by atoms with Crippen molar-refractivity contribution in [3.8, 4) is 17.2 Å². The number of nitrogens with zero attached hydrogens (tertiary/aromatic N) is 4. The van der Waals surface area contributed by atoms with E-state index < -0.39 is 0 Å². The SMILES string of the molecule is Cc1cc([C@H]2[C@@H](c3ccccn3)NC(=S)N2Cc2cccnc2)c(C)n1-c1ccc2c(c1)OCO2. The largest absolute Gasteiger partial charge is 0.454 e. The standard InChI is InChI=1S/C27H25N5O2S/c1-17-12-21(18(2)32(17)20-8-9-23-24(13-20)34-16-33-23)26-25(22-7-3-4-11-29-22)30-27(35)31(26)15-19-6-5-10-28-14-19/h3-14,25-26H,15-16H2,1-2H3,(H,30,35)/t25-,26+/m1/s1. The highest BCUT2D eigenvalue weighted by atomic mass is 32.1. The number of fused-ring (bicyclic) bond motifs is 1. The second kappa shape index (κ2) is 8.70. The van der Waals surface area contributed by atoms with E-state index in [4.69, 9.17) is 21.7 Å². The first kappa shape index (κ1) is 21.6. The smallest absolute Gasteiger partial charge is 0.231 e. The van der Waals surface area contributed by atoms with E-state index in [1.807, 2.05) is 42.7 Å². The highest BCUT2D eigenvalue weighted by Crippen LogP contribution is 2.43. The number of ether oxygens (including phenoxy) is 2. The van der Waals surface area contributed by atoms with Crippen LogP contribution in [0.1, 0.15) is 40.3 Å². The molecule has 0 unspecified atom stereocenters. The van der Waals surface area contributed by atoms with Gasteiger partial charge in [0.05, 0.1) is 17.8 Å². The number of aryl methyl sites for hydroxylation is 1. The fourth-order valence-electron chi connectivity index (χ4n) is 5.11. The van der Waals surface area contributed by atoms with Gasteiger partial charge in [-0.25, -0.2) is 0 Å². The molecule has 0 aliphatic carbocycles. The van der Waals surface area contributed by atoms with E-state index >= 15 is 0 Å². The van der Waals surface area contributed by atoms with Crippen molar-refractivity contribution in [3.05, 3.63) is 101 Å². The second-order valence-corrected chi connectivity index (χ2v) is 9.20. The van der Waals surface area contributed by atoms with E-state index in [9.17, 15) is 0 Å². The summed E-state index contributed by atoms with van der Waals surface area (Å²) < 4.78 is 13.4. The van der Waals surface area contributed by atoms with Gasteiger partial charge in [0.25, 0.3) is 0 Å². The first-order valence-electron chi connectivity index (χ1n) is 11.6. The molecular weight excluding hydrogens is 458 g/mol. The molecule has 1 saturated heterocycles. The van der Waals surface area contributed by atoms with Crippen molar-refractivity contribution in [2.45, 2.75) is 32.5 Å². The normalized spacial score (nSPS) is 18.7. The summed E-state index contributed by atoms with van der Waals surface area (Å²) in [6, 6.07) is 18.3. The van der Waals surface area contributed by atoms with Crippen LogP contribution < -0.4 is 14.8 Å². The Bertz CT molecular complexity index is 1390. The van der Waals surface area contributed by atoms with Crippen molar-refractivity contribution in [2.24, 2.45) is 0 Å². The molecule has 1 aromatic carbocycles. The maximum Gasteiger partial charge on any atom is 0.231 e. The molecule has 1 fully saturated rings. The number of thiocarbonyl (C=S) groups is 1. The predicted molar refractivity (Wildman–Crippen MR) is 137 cm³/mol. The highest BCUT2D eigenvalue weighted by Gasteiger charge is 2.41. The van der Waals surface area contributed by atoms with Crippen molar-refractivity contribution in [1.29, 1.82) is 0 Å². The molecule has 8 heteroatoms. The quantitative estimate of drug-likeness (QED) is 0.410. The van der Waals surface area contributed by atoms with Gasteiger partial charge in [-0.15, -0.1) is 0 Å². The maximum absolute atomic E-state index is 5.85. The second-order valence-electron chi connectivity index (χ2n) is 8.82. The number of hydrogen-bond acceptors (Lipinski definition) is 5. The lowest BCUT2D eigenvalue weighted by molar-refractivity contribution is 0.174. The van der Waals surface area contributed by atoms with Crippen LogP contribution in [0.2, 0.25) is 0 Å². The van der Waals surface area contributed by atoms with E-state index in [1.165, 1.54) is 5.56 Å². The lowest BCUT2D eigenvalue weighted by atomic mass is 9.96. The lowest BCUT2D eigenvalue weighted by Crippen LogP contribution is -2.29. The summed E-state index contributed by atoms with van der Waals surface area (Å²) in [5.74, 6) is 1.55. The summed E-state index contributed by atoms with van der Waals surface area (Å²) in [7, 11) is 0. The monoisotopic (exact) mass is 483 g/mol. The van der Waals surface area contributed by atoms with Crippen molar-refractivity contribution >= 4 is 17.3 Å². The molecule has 176 valence electrons. The van der Waals surface area contributed by atoms with Gasteiger partial charge in [0, 0.05) is 48.3 Å². The minimum Gasteiger partial charge on any atom is -0.454 e. The zero-order valence-electron chi connectivity index (χ0n) is 19.5. The van der Waals surface area contributed by atoms with E-state index in [0.29, 0.717) is 11.7 Å². The third-order valence-electron chi connectivity index (χ3n) is 6.68. The molecular formula is C27H25N5O2S. The molecule has 2 aliphatic heterocycles. The molecule has 4 aromatic rings. The van der Waals surface area contributed by atoms with Gasteiger partial charge in [0.2, 0.25) is 6.79 Å². The van der Waals surface area contributed by atoms with Crippen LogP contribution in [-0.4, -0.2) is 31.3 Å². The van der Waals surface area contributed by atoms with Gasteiger partial charge >= 0.3 is 0 Å². The zero-order valence-corrected chi connectivity index (χ0v) is 20.3. The van der Waals surface area contributed by atoms with Gasteiger partial charge in [-0.1, -0.05) is 12.1 Å². The molecule has 0 radical (unpaired) electrons. The molecule has 1 N–H and O–H groups in total. The van der Waals surface area contributed by atoms with Crippen LogP contribution in [0.25, 0.3) is 5.69 Å². The zero-order chi connectivity index (χ0) is 23.9. The lowest BCUT2D eigenvalue weighted by Gasteiger charge is -2.28. The van der Waals surface area contributed by atoms with Crippen molar-refractivity contribution in [2.75, 3.05) is 6.79 Å². The van der Waals surface area contributed by atoms with Gasteiger partial charge in [0.1, 0.15) is 0 Å². The minimum atomic E-state index is -0.0777. The van der Waals surface area contributed by atoms with Crippen LogP contribution in [0.15, 0.2) is 73.2 Å². The van der Waals surface area contributed by atoms with Crippen LogP contribution in [0.5, 0.6) is 11.5 Å². The van der Waals surface area contributed by atoms with Crippen molar-refractivity contribution in [1.82, 2.24) is 24.8 Å². The molecule has 0 bridgehead atoms. The van der Waals surface area contributed by atoms with Gasteiger partial charge in [-0.3, -0.25) is 9.97 Å². The number of hydrogen-bond donors (Lipinski definition) is 1. The van der Waals surface area contributed by atoms with Crippen LogP contribution in [0.4, 0.5) is 0 Å². The molecule has 7 nitrogen and oxygen atoms in total. The average molecular weight is 484 g/mol. The Kier molecular flexibility index (Phi) is 5.37. The molecule has 0 saturated carbocycles. The van der Waals surface area contributed by atoms with E-state index in [-0.39, 0.29) is 18.9 Å². The molecule has 6 rings (SSSR count). The Morgan fingerprint density at radius 3 is 2.71 bits per heavy atom. The highest BCUT2D eigenvalue weighted by molar-refractivity contribution is 7.80. The number of pyridine rings is 2. The third kappa shape index (κ3) is 3.80. The van der Waals surface area contributed by atoms with E-state index in [0.717, 1.165) is 39.8 Å². The molecule has 3 aromatic heterocycles. The fraction of sp³-hybridized carbons (Fsp3) is 0.222. The predicted octanol–water partition coefficient (Wildman–Crippen LogP) is 4.79.